The number of carbonyl (C=O) groups is 1. The Morgan fingerprint density at radius 3 is 2.82 bits per heavy atom. The van der Waals surface area contributed by atoms with Crippen molar-refractivity contribution in [1.82, 2.24) is 19.7 Å². The van der Waals surface area contributed by atoms with Crippen LogP contribution in [0.2, 0.25) is 5.02 Å². The number of anilines is 1. The second-order valence-corrected chi connectivity index (χ2v) is 6.06. The van der Waals surface area contributed by atoms with Crippen LogP contribution in [0.5, 0.6) is 0 Å². The van der Waals surface area contributed by atoms with Gasteiger partial charge in [0.25, 0.3) is 0 Å². The van der Waals surface area contributed by atoms with Crippen molar-refractivity contribution in [3.05, 3.63) is 41.4 Å². The highest BCUT2D eigenvalue weighted by Gasteiger charge is 2.10. The number of hydrogen-bond acceptors (Lipinski definition) is 4. The van der Waals surface area contributed by atoms with Gasteiger partial charge in [-0.3, -0.25) is 0 Å². The van der Waals surface area contributed by atoms with Crippen LogP contribution in [0.1, 0.15) is 5.56 Å². The fraction of sp³-hybridized carbons (Fsp3) is 0.357. The van der Waals surface area contributed by atoms with Gasteiger partial charge >= 0.3 is 6.03 Å². The van der Waals surface area contributed by atoms with Crippen LogP contribution in [0.3, 0.4) is 0 Å². The minimum atomic E-state index is -0.162. The van der Waals surface area contributed by atoms with Crippen molar-refractivity contribution in [2.75, 3.05) is 25.2 Å². The molecular formula is C14H18ClN5OS. The van der Waals surface area contributed by atoms with E-state index in [1.807, 2.05) is 16.9 Å². The number of carbonyl (C=O) groups excluding carboxylic acids is 1. The van der Waals surface area contributed by atoms with Crippen molar-refractivity contribution >= 4 is 35.1 Å². The number of rotatable bonds is 6. The topological polar surface area (TPSA) is 63.1 Å². The molecule has 2 amide bonds. The van der Waals surface area contributed by atoms with Crippen molar-refractivity contribution in [3.63, 3.8) is 0 Å². The van der Waals surface area contributed by atoms with E-state index < -0.39 is 0 Å². The number of thioether (sulfide) groups is 1. The molecule has 0 unspecified atom stereocenters. The van der Waals surface area contributed by atoms with E-state index in [9.17, 15) is 4.79 Å². The Kier molecular flexibility index (Phi) is 6.09. The van der Waals surface area contributed by atoms with Gasteiger partial charge in [0, 0.05) is 36.6 Å². The minimum Gasteiger partial charge on any atom is -0.326 e. The molecule has 0 atom stereocenters. The molecule has 0 radical (unpaired) electrons. The molecule has 1 heterocycles. The number of benzene rings is 1. The number of likely N-dealkylation sites (N-methyl/N-ethyl adjacent to an activating group) is 1. The molecular weight excluding hydrogens is 322 g/mol. The highest BCUT2D eigenvalue weighted by Crippen LogP contribution is 2.24. The smallest absolute Gasteiger partial charge is 0.321 e. The maximum absolute atomic E-state index is 12.2. The Balaban J connectivity index is 1.91. The molecule has 6 nitrogen and oxygen atoms in total. The lowest BCUT2D eigenvalue weighted by Crippen LogP contribution is -2.33. The molecule has 0 fully saturated rings. The molecule has 1 aromatic carbocycles. The third kappa shape index (κ3) is 4.64. The molecule has 1 aromatic heterocycles. The predicted molar refractivity (Wildman–Crippen MR) is 90.3 cm³/mol. The third-order valence-electron chi connectivity index (χ3n) is 3.10. The van der Waals surface area contributed by atoms with Gasteiger partial charge in [-0.1, -0.05) is 11.6 Å². The quantitative estimate of drug-likeness (QED) is 0.878. The van der Waals surface area contributed by atoms with Crippen molar-refractivity contribution < 1.29 is 4.79 Å². The van der Waals surface area contributed by atoms with E-state index >= 15 is 0 Å². The van der Waals surface area contributed by atoms with Gasteiger partial charge in [-0.2, -0.15) is 11.8 Å². The van der Waals surface area contributed by atoms with Gasteiger partial charge in [0.2, 0.25) is 0 Å². The van der Waals surface area contributed by atoms with E-state index in [2.05, 4.69) is 15.5 Å². The van der Waals surface area contributed by atoms with Crippen molar-refractivity contribution in [1.29, 1.82) is 0 Å². The summed E-state index contributed by atoms with van der Waals surface area (Å²) in [5.41, 5.74) is 1.76. The Morgan fingerprint density at radius 1 is 1.41 bits per heavy atom. The number of amides is 2. The molecule has 0 bridgehead atoms. The summed E-state index contributed by atoms with van der Waals surface area (Å²) in [6.07, 6.45) is 5.26. The minimum absolute atomic E-state index is 0.162. The van der Waals surface area contributed by atoms with E-state index in [-0.39, 0.29) is 6.03 Å². The first-order chi connectivity index (χ1) is 10.6. The number of urea groups is 1. The van der Waals surface area contributed by atoms with Crippen molar-refractivity contribution in [3.8, 4) is 0 Å². The Morgan fingerprint density at radius 2 is 2.14 bits per heavy atom. The van der Waals surface area contributed by atoms with Gasteiger partial charge in [0.1, 0.15) is 12.7 Å². The van der Waals surface area contributed by atoms with Crippen LogP contribution in [-0.2, 0) is 12.3 Å². The standard InChI is InChI=1S/C14H18ClN5OS/c1-19(5-6-20-9-16-17-10-20)14(21)18-12-3-4-13(15)11(7-12)8-22-2/h3-4,7,9-10H,5-6,8H2,1-2H3,(H,18,21). The molecule has 0 saturated heterocycles. The number of halogens is 1. The zero-order valence-corrected chi connectivity index (χ0v) is 14.1. The highest BCUT2D eigenvalue weighted by molar-refractivity contribution is 7.97. The molecule has 1 N–H and O–H groups in total. The summed E-state index contributed by atoms with van der Waals surface area (Å²) in [6, 6.07) is 5.35. The second-order valence-electron chi connectivity index (χ2n) is 4.79. The monoisotopic (exact) mass is 339 g/mol. The van der Waals surface area contributed by atoms with Crippen molar-refractivity contribution in [2.45, 2.75) is 12.3 Å². The first-order valence-electron chi connectivity index (χ1n) is 6.72. The summed E-state index contributed by atoms with van der Waals surface area (Å²) in [5.74, 6) is 0.812. The maximum Gasteiger partial charge on any atom is 0.321 e. The second kappa shape index (κ2) is 8.05. The average Bonchev–Trinajstić information content (AvgIpc) is 3.01. The normalized spacial score (nSPS) is 10.5. The van der Waals surface area contributed by atoms with Gasteiger partial charge in [-0.05, 0) is 30.0 Å². The molecule has 2 rings (SSSR count). The summed E-state index contributed by atoms with van der Waals surface area (Å²) in [7, 11) is 1.75. The lowest BCUT2D eigenvalue weighted by molar-refractivity contribution is 0.220. The molecule has 0 aliphatic carbocycles. The van der Waals surface area contributed by atoms with Crippen LogP contribution >= 0.6 is 23.4 Å². The molecule has 0 aliphatic heterocycles. The molecule has 0 aliphatic rings. The number of nitrogens with one attached hydrogen (secondary N) is 1. The maximum atomic E-state index is 12.2. The lowest BCUT2D eigenvalue weighted by Gasteiger charge is -2.18. The summed E-state index contributed by atoms with van der Waals surface area (Å²) in [6.45, 7) is 1.21. The molecule has 8 heteroatoms. The summed E-state index contributed by atoms with van der Waals surface area (Å²) >= 11 is 7.82. The number of hydrogen-bond donors (Lipinski definition) is 1. The van der Waals surface area contributed by atoms with E-state index in [4.69, 9.17) is 11.6 Å². The molecule has 2 aromatic rings. The summed E-state index contributed by atoms with van der Waals surface area (Å²) in [5, 5.41) is 11.0. The first-order valence-corrected chi connectivity index (χ1v) is 8.49. The zero-order chi connectivity index (χ0) is 15.9. The van der Waals surface area contributed by atoms with Gasteiger partial charge in [0.15, 0.2) is 0 Å². The van der Waals surface area contributed by atoms with Gasteiger partial charge < -0.3 is 14.8 Å². The largest absolute Gasteiger partial charge is 0.326 e. The van der Waals surface area contributed by atoms with E-state index in [0.29, 0.717) is 18.1 Å². The van der Waals surface area contributed by atoms with Gasteiger partial charge in [0.05, 0.1) is 0 Å². The lowest BCUT2D eigenvalue weighted by atomic mass is 10.2. The fourth-order valence-corrected chi connectivity index (χ4v) is 2.66. The van der Waals surface area contributed by atoms with Crippen LogP contribution in [0.15, 0.2) is 30.9 Å². The van der Waals surface area contributed by atoms with E-state index in [1.165, 1.54) is 0 Å². The van der Waals surface area contributed by atoms with Crippen LogP contribution in [-0.4, -0.2) is 45.5 Å². The van der Waals surface area contributed by atoms with Crippen molar-refractivity contribution in [2.24, 2.45) is 0 Å². The fourth-order valence-electron chi connectivity index (χ4n) is 1.84. The van der Waals surface area contributed by atoms with Crippen LogP contribution in [0.4, 0.5) is 10.5 Å². The van der Waals surface area contributed by atoms with Gasteiger partial charge in [-0.25, -0.2) is 4.79 Å². The third-order valence-corrected chi connectivity index (χ3v) is 4.07. The number of aromatic nitrogens is 3. The van der Waals surface area contributed by atoms with E-state index in [1.54, 1.807) is 48.5 Å². The van der Waals surface area contributed by atoms with Crippen LogP contribution < -0.4 is 5.32 Å². The van der Waals surface area contributed by atoms with Gasteiger partial charge in [-0.15, -0.1) is 10.2 Å². The predicted octanol–water partition coefficient (Wildman–Crippen LogP) is 2.96. The molecule has 118 valence electrons. The average molecular weight is 340 g/mol. The SMILES string of the molecule is CSCc1cc(NC(=O)N(C)CCn2cnnc2)ccc1Cl. The Hall–Kier alpha value is -1.73. The molecule has 0 saturated carbocycles. The van der Waals surface area contributed by atoms with E-state index in [0.717, 1.165) is 17.0 Å². The highest BCUT2D eigenvalue weighted by atomic mass is 35.5. The molecule has 0 spiro atoms. The summed E-state index contributed by atoms with van der Waals surface area (Å²) in [4.78, 5) is 13.8. The zero-order valence-electron chi connectivity index (χ0n) is 12.5. The number of nitrogens with zero attached hydrogens (tertiary/aromatic N) is 4. The van der Waals surface area contributed by atoms with Crippen LogP contribution in [0, 0.1) is 0 Å². The first kappa shape index (κ1) is 16.6. The Bertz CT molecular complexity index is 620. The Labute approximate surface area is 138 Å². The molecule has 22 heavy (non-hydrogen) atoms. The van der Waals surface area contributed by atoms with Crippen LogP contribution in [0.25, 0.3) is 0 Å². The summed E-state index contributed by atoms with van der Waals surface area (Å²) < 4.78 is 1.82.